The maximum Gasteiger partial charge on any atom is 0.206 e. The minimum absolute atomic E-state index is 0.317. The van der Waals surface area contributed by atoms with E-state index < -0.39 is 0 Å². The van der Waals surface area contributed by atoms with E-state index in [1.54, 1.807) is 0 Å². The maximum atomic E-state index is 10.1. The van der Waals surface area contributed by atoms with Gasteiger partial charge in [-0.1, -0.05) is 72.8 Å². The molecule has 198 valence electrons. The predicted octanol–water partition coefficient (Wildman–Crippen LogP) is 10.2. The number of nitrogens with zero attached hydrogens (tertiary/aromatic N) is 4. The van der Waals surface area contributed by atoms with Crippen LogP contribution in [0.25, 0.3) is 81.8 Å². The van der Waals surface area contributed by atoms with E-state index in [4.69, 9.17) is 11.0 Å². The van der Waals surface area contributed by atoms with Crippen LogP contribution in [0.5, 0.6) is 0 Å². The molecule has 9 rings (SSSR count). The van der Waals surface area contributed by atoms with Gasteiger partial charge in [0.15, 0.2) is 0 Å². The van der Waals surface area contributed by atoms with Crippen molar-refractivity contribution >= 4 is 71.2 Å². The van der Waals surface area contributed by atoms with Crippen LogP contribution in [0.3, 0.4) is 0 Å². The van der Waals surface area contributed by atoms with Gasteiger partial charge in [0.1, 0.15) is 11.2 Å². The molecular formula is C38H20N4O. The minimum Gasteiger partial charge on any atom is -0.455 e. The average molecular weight is 549 g/mol. The summed E-state index contributed by atoms with van der Waals surface area (Å²) >= 11 is 0. The quantitative estimate of drug-likeness (QED) is 0.202. The lowest BCUT2D eigenvalue weighted by Crippen LogP contribution is -2.04. The molecule has 0 aliphatic carbocycles. The summed E-state index contributed by atoms with van der Waals surface area (Å²) in [7, 11) is 0. The van der Waals surface area contributed by atoms with E-state index in [0.717, 1.165) is 76.9 Å². The summed E-state index contributed by atoms with van der Waals surface area (Å²) in [6.45, 7) is 7.96. The molecule has 0 saturated heterocycles. The van der Waals surface area contributed by atoms with Crippen LogP contribution in [-0.4, -0.2) is 9.13 Å². The Labute approximate surface area is 245 Å². The first-order valence-corrected chi connectivity index (χ1v) is 14.0. The van der Waals surface area contributed by atoms with E-state index in [1.165, 1.54) is 0 Å². The topological polar surface area (TPSA) is 51.1 Å². The standard InChI is InChI=1S/C38H20N4O/c1-40-29-21-35(34(20-23(29)22-39)41-30-14-6-2-10-24(30)25-11-3-7-15-31(25)41)42-32-16-8-4-13-28(32)37-33(42)19-18-27-26-12-5-9-17-36(26)43-38(27)37/h2-21H. The van der Waals surface area contributed by atoms with E-state index in [2.05, 4.69) is 74.6 Å². The lowest BCUT2D eigenvalue weighted by atomic mass is 10.1. The molecule has 0 fully saturated rings. The van der Waals surface area contributed by atoms with Crippen LogP contribution >= 0.6 is 0 Å². The number of fused-ring (bicyclic) bond motifs is 10. The lowest BCUT2D eigenvalue weighted by molar-refractivity contribution is 0.673. The highest BCUT2D eigenvalue weighted by Gasteiger charge is 2.23. The van der Waals surface area contributed by atoms with E-state index in [0.29, 0.717) is 11.3 Å². The van der Waals surface area contributed by atoms with Crippen molar-refractivity contribution in [1.82, 2.24) is 9.13 Å². The number of rotatable bonds is 2. The molecule has 0 saturated carbocycles. The number of para-hydroxylation sites is 4. The lowest BCUT2D eigenvalue weighted by Gasteiger charge is -2.18. The van der Waals surface area contributed by atoms with Gasteiger partial charge in [0.2, 0.25) is 5.69 Å². The Morgan fingerprint density at radius 2 is 1.14 bits per heavy atom. The number of furan rings is 1. The van der Waals surface area contributed by atoms with Crippen LogP contribution in [0.4, 0.5) is 5.69 Å². The number of benzene rings is 6. The van der Waals surface area contributed by atoms with Crippen molar-refractivity contribution in [3.63, 3.8) is 0 Å². The van der Waals surface area contributed by atoms with Crippen LogP contribution in [0.15, 0.2) is 126 Å². The zero-order valence-corrected chi connectivity index (χ0v) is 22.7. The smallest absolute Gasteiger partial charge is 0.206 e. The highest BCUT2D eigenvalue weighted by Crippen LogP contribution is 2.43. The predicted molar refractivity (Wildman–Crippen MR) is 173 cm³/mol. The molecule has 5 heteroatoms. The molecule has 0 amide bonds. The molecule has 3 heterocycles. The summed E-state index contributed by atoms with van der Waals surface area (Å²) in [5.41, 5.74) is 8.02. The van der Waals surface area contributed by atoms with Crippen LogP contribution in [0.2, 0.25) is 0 Å². The van der Waals surface area contributed by atoms with E-state index in [-0.39, 0.29) is 0 Å². The van der Waals surface area contributed by atoms with Crippen molar-refractivity contribution in [2.45, 2.75) is 0 Å². The number of aromatic nitrogens is 2. The third-order valence-electron chi connectivity index (χ3n) is 8.58. The Balaban J connectivity index is 1.49. The maximum absolute atomic E-state index is 10.1. The monoisotopic (exact) mass is 548 g/mol. The molecule has 3 aromatic heterocycles. The second kappa shape index (κ2) is 8.60. The molecule has 6 aromatic carbocycles. The molecule has 0 spiro atoms. The summed E-state index contributed by atoms with van der Waals surface area (Å²) in [6.07, 6.45) is 0. The van der Waals surface area contributed by atoms with Crippen LogP contribution in [0, 0.1) is 17.9 Å². The Kier molecular flexibility index (Phi) is 4.68. The normalized spacial score (nSPS) is 11.7. The van der Waals surface area contributed by atoms with Gasteiger partial charge < -0.3 is 13.6 Å². The summed E-state index contributed by atoms with van der Waals surface area (Å²) in [6, 6.07) is 43.4. The van der Waals surface area contributed by atoms with Crippen LogP contribution in [0.1, 0.15) is 5.56 Å². The van der Waals surface area contributed by atoms with Crippen molar-refractivity contribution < 1.29 is 4.42 Å². The van der Waals surface area contributed by atoms with Gasteiger partial charge in [0.25, 0.3) is 0 Å². The second-order valence-electron chi connectivity index (χ2n) is 10.7. The van der Waals surface area contributed by atoms with E-state index >= 15 is 0 Å². The molecule has 0 N–H and O–H groups in total. The van der Waals surface area contributed by atoms with Crippen molar-refractivity contribution in [2.75, 3.05) is 0 Å². The van der Waals surface area contributed by atoms with Gasteiger partial charge in [0, 0.05) is 26.9 Å². The first-order valence-electron chi connectivity index (χ1n) is 14.0. The fraction of sp³-hybridized carbons (Fsp3) is 0. The first-order chi connectivity index (χ1) is 21.3. The third kappa shape index (κ3) is 3.08. The number of hydrogen-bond donors (Lipinski definition) is 0. The zero-order valence-electron chi connectivity index (χ0n) is 22.7. The SMILES string of the molecule is [C-]#[N+]c1cc(-n2c3ccccc3c3c4oc5ccccc5c4ccc32)c(-n2c3ccccc3c3ccccc32)cc1C#N. The van der Waals surface area contributed by atoms with Gasteiger partial charge in [0.05, 0.1) is 57.0 Å². The largest absolute Gasteiger partial charge is 0.455 e. The Bertz CT molecular complexity index is 2650. The Morgan fingerprint density at radius 3 is 1.81 bits per heavy atom. The minimum atomic E-state index is 0.317. The highest BCUT2D eigenvalue weighted by molar-refractivity contribution is 6.24. The van der Waals surface area contributed by atoms with Crippen molar-refractivity contribution in [1.29, 1.82) is 5.26 Å². The molecule has 0 atom stereocenters. The highest BCUT2D eigenvalue weighted by atomic mass is 16.3. The van der Waals surface area contributed by atoms with Crippen molar-refractivity contribution in [3.8, 4) is 17.4 Å². The summed E-state index contributed by atoms with van der Waals surface area (Å²) in [5.74, 6) is 0. The molecule has 0 radical (unpaired) electrons. The Morgan fingerprint density at radius 1 is 0.581 bits per heavy atom. The van der Waals surface area contributed by atoms with Crippen molar-refractivity contribution in [3.05, 3.63) is 138 Å². The molecule has 0 unspecified atom stereocenters. The summed E-state index contributed by atoms with van der Waals surface area (Å²) in [5, 5.41) is 16.6. The summed E-state index contributed by atoms with van der Waals surface area (Å²) in [4.78, 5) is 3.78. The first kappa shape index (κ1) is 23.4. The molecule has 0 aliphatic heterocycles. The number of nitriles is 1. The van der Waals surface area contributed by atoms with Gasteiger partial charge in [-0.2, -0.15) is 5.26 Å². The molecule has 0 bridgehead atoms. The number of hydrogen-bond acceptors (Lipinski definition) is 2. The van der Waals surface area contributed by atoms with Gasteiger partial charge >= 0.3 is 0 Å². The molecule has 43 heavy (non-hydrogen) atoms. The van der Waals surface area contributed by atoms with Gasteiger partial charge in [-0.3, -0.25) is 0 Å². The van der Waals surface area contributed by atoms with E-state index in [9.17, 15) is 5.26 Å². The average Bonchev–Trinajstić information content (AvgIpc) is 3.72. The van der Waals surface area contributed by atoms with Crippen molar-refractivity contribution in [2.24, 2.45) is 0 Å². The summed E-state index contributed by atoms with van der Waals surface area (Å²) < 4.78 is 10.9. The fourth-order valence-electron chi connectivity index (χ4n) is 6.78. The third-order valence-corrected chi connectivity index (χ3v) is 8.58. The molecule has 0 aliphatic rings. The van der Waals surface area contributed by atoms with Gasteiger partial charge in [-0.05, 0) is 48.5 Å². The second-order valence-corrected chi connectivity index (χ2v) is 10.7. The van der Waals surface area contributed by atoms with Crippen LogP contribution < -0.4 is 0 Å². The van der Waals surface area contributed by atoms with E-state index in [1.807, 2.05) is 66.7 Å². The van der Waals surface area contributed by atoms with Gasteiger partial charge in [-0.25, -0.2) is 4.85 Å². The molecule has 5 nitrogen and oxygen atoms in total. The Hall–Kier alpha value is -6.30. The fourth-order valence-corrected chi connectivity index (χ4v) is 6.78. The molecule has 9 aromatic rings. The van der Waals surface area contributed by atoms with Gasteiger partial charge in [-0.15, -0.1) is 0 Å². The molecular weight excluding hydrogens is 528 g/mol. The zero-order chi connectivity index (χ0) is 28.7. The van der Waals surface area contributed by atoms with Crippen LogP contribution in [-0.2, 0) is 0 Å².